The molecular weight excluding hydrogens is 761 g/mol. The Labute approximate surface area is 362 Å². The minimum atomic E-state index is 0.789. The van der Waals surface area contributed by atoms with Gasteiger partial charge in [-0.25, -0.2) is 0 Å². The quantitative estimate of drug-likeness (QED) is 0.166. The second-order valence-corrected chi connectivity index (χ2v) is 16.0. The maximum Gasteiger partial charge on any atom is 0.142 e. The zero-order chi connectivity index (χ0) is 41.8. The van der Waals surface area contributed by atoms with Crippen LogP contribution in [-0.2, 0) is 6.42 Å². The Morgan fingerprint density at radius 3 is 2.39 bits per heavy atom. The molecule has 4 heteroatoms. The lowest BCUT2D eigenvalue weighted by atomic mass is 9.92. The highest BCUT2D eigenvalue weighted by Crippen LogP contribution is 2.43. The Morgan fingerprint density at radius 2 is 1.56 bits per heavy atom. The molecule has 0 atom stereocenters. The summed E-state index contributed by atoms with van der Waals surface area (Å²) in [6.07, 6.45) is 22.3. The number of para-hydroxylation sites is 1. The Balaban J connectivity index is 0.00000220. The number of aromatic nitrogens is 2. The van der Waals surface area contributed by atoms with E-state index in [4.69, 9.17) is 4.42 Å². The molecule has 0 spiro atoms. The van der Waals surface area contributed by atoms with Crippen LogP contribution in [0, 0.1) is 13.8 Å². The van der Waals surface area contributed by atoms with Gasteiger partial charge in [-0.1, -0.05) is 122 Å². The van der Waals surface area contributed by atoms with E-state index in [1.54, 1.807) is 6.26 Å². The fraction of sp³-hybridized carbons (Fsp3) is 0.123. The molecule has 0 radical (unpaired) electrons. The lowest BCUT2D eigenvalue weighted by Crippen LogP contribution is -2.28. The van der Waals surface area contributed by atoms with Crippen LogP contribution in [0.1, 0.15) is 59.0 Å². The van der Waals surface area contributed by atoms with Crippen molar-refractivity contribution in [3.8, 4) is 22.5 Å². The van der Waals surface area contributed by atoms with Gasteiger partial charge in [0.1, 0.15) is 11.3 Å². The highest BCUT2D eigenvalue weighted by Gasteiger charge is 2.23. The van der Waals surface area contributed by atoms with Gasteiger partial charge < -0.3 is 13.6 Å². The minimum absolute atomic E-state index is 0.789. The molecule has 3 nitrogen and oxygen atoms in total. The third-order valence-electron chi connectivity index (χ3n) is 12.7. The predicted molar refractivity (Wildman–Crippen MR) is 267 cm³/mol. The van der Waals surface area contributed by atoms with E-state index in [1.165, 1.54) is 82.3 Å². The van der Waals surface area contributed by atoms with Gasteiger partial charge in [0.05, 0.1) is 27.8 Å². The van der Waals surface area contributed by atoms with Crippen LogP contribution in [0.2, 0.25) is 0 Å². The molecule has 0 saturated heterocycles. The lowest BCUT2D eigenvalue weighted by molar-refractivity contribution is 0.547. The summed E-state index contributed by atoms with van der Waals surface area (Å²) in [6.45, 7) is 10.8. The molecule has 0 bridgehead atoms. The number of allylic oxidation sites excluding steroid dienone is 4. The van der Waals surface area contributed by atoms with Crippen LogP contribution in [0.5, 0.6) is 0 Å². The summed E-state index contributed by atoms with van der Waals surface area (Å²) in [5.74, 6) is 1.07. The molecule has 11 rings (SSSR count). The highest BCUT2D eigenvalue weighted by molar-refractivity contribution is 7.79. The molecule has 0 aliphatic heterocycles. The van der Waals surface area contributed by atoms with Crippen molar-refractivity contribution in [1.29, 1.82) is 0 Å². The molecule has 0 amide bonds. The lowest BCUT2D eigenvalue weighted by Gasteiger charge is -2.14. The minimum Gasteiger partial charge on any atom is -0.460 e. The summed E-state index contributed by atoms with van der Waals surface area (Å²) >= 11 is 3.53. The molecule has 3 aromatic heterocycles. The normalized spacial score (nSPS) is 13.4. The number of fused-ring (bicyclic) bond motifs is 8. The first-order chi connectivity index (χ1) is 30.0. The summed E-state index contributed by atoms with van der Waals surface area (Å²) in [6, 6.07) is 42.4. The fourth-order valence-corrected chi connectivity index (χ4v) is 9.74. The molecule has 0 saturated carbocycles. The average Bonchev–Trinajstić information content (AvgIpc) is 3.89. The molecule has 61 heavy (non-hydrogen) atoms. The summed E-state index contributed by atoms with van der Waals surface area (Å²) in [5, 5.41) is 8.55. The van der Waals surface area contributed by atoms with Crippen LogP contribution >= 0.6 is 12.6 Å². The zero-order valence-electron chi connectivity index (χ0n) is 35.2. The molecule has 298 valence electrons. The van der Waals surface area contributed by atoms with Gasteiger partial charge in [-0.15, -0.1) is 0 Å². The Kier molecular flexibility index (Phi) is 9.89. The maximum atomic E-state index is 6.88. The van der Waals surface area contributed by atoms with Crippen LogP contribution in [0.4, 0.5) is 0 Å². The van der Waals surface area contributed by atoms with E-state index in [2.05, 4.69) is 207 Å². The first-order valence-corrected chi connectivity index (χ1v) is 22.1. The van der Waals surface area contributed by atoms with Crippen molar-refractivity contribution in [3.05, 3.63) is 190 Å². The van der Waals surface area contributed by atoms with Crippen LogP contribution in [0.25, 0.3) is 102 Å². The van der Waals surface area contributed by atoms with Crippen LogP contribution in [-0.4, -0.2) is 15.4 Å². The first-order valence-electron chi connectivity index (χ1n) is 21.2. The third kappa shape index (κ3) is 6.20. The monoisotopic (exact) mass is 808 g/mol. The smallest absolute Gasteiger partial charge is 0.142 e. The van der Waals surface area contributed by atoms with Crippen LogP contribution < -0.4 is 10.6 Å². The molecule has 0 fully saturated rings. The van der Waals surface area contributed by atoms with Crippen molar-refractivity contribution < 1.29 is 4.42 Å². The van der Waals surface area contributed by atoms with Crippen LogP contribution in [0.3, 0.4) is 0 Å². The largest absolute Gasteiger partial charge is 0.460 e. The Bertz CT molecular complexity index is 3450. The van der Waals surface area contributed by atoms with Crippen molar-refractivity contribution in [1.82, 2.24) is 9.13 Å². The van der Waals surface area contributed by atoms with Crippen molar-refractivity contribution in [2.45, 2.75) is 40.0 Å². The summed E-state index contributed by atoms with van der Waals surface area (Å²) in [5.41, 5.74) is 16.5. The van der Waals surface area contributed by atoms with Gasteiger partial charge in [0.2, 0.25) is 0 Å². The van der Waals surface area contributed by atoms with Crippen molar-refractivity contribution in [2.24, 2.45) is 0 Å². The third-order valence-corrected chi connectivity index (χ3v) is 12.7. The first kappa shape index (κ1) is 38.5. The van der Waals surface area contributed by atoms with Gasteiger partial charge in [-0.05, 0) is 122 Å². The van der Waals surface area contributed by atoms with Crippen LogP contribution in [0.15, 0.2) is 144 Å². The van der Waals surface area contributed by atoms with Gasteiger partial charge in [-0.2, -0.15) is 12.6 Å². The van der Waals surface area contributed by atoms with E-state index in [9.17, 15) is 0 Å². The maximum absolute atomic E-state index is 6.88. The molecule has 6 aromatic carbocycles. The standard InChI is InChI=1S/C56H44N2O.CH4S/c1-5-15-43-44-29-25-37(27-31-52(44)57(50(43)6-2)41-18-8-7-9-19-41)40-32-48(56-49(33-40)46-21-12-13-23-54(46)59-56)39-26-30-45-47-28-24-35(3)36(4)55(47)58(53(45)34-39)51-22-14-17-38-16-10-11-20-42(38)51;1-2/h5-12,14-22,24,26-34H,2,13,23,25H2,1,3-4H3;2H,1H3/b15-5-;. The van der Waals surface area contributed by atoms with Gasteiger partial charge in [-0.3, -0.25) is 0 Å². The number of nitrogens with zero attached hydrogens (tertiary/aromatic N) is 2. The molecule has 9 aromatic rings. The Morgan fingerprint density at radius 1 is 0.754 bits per heavy atom. The van der Waals surface area contributed by atoms with E-state index >= 15 is 0 Å². The number of thiol groups is 1. The van der Waals surface area contributed by atoms with E-state index in [0.717, 1.165) is 58.5 Å². The Hall–Kier alpha value is -6.75. The topological polar surface area (TPSA) is 23.0 Å². The number of benzene rings is 6. The van der Waals surface area contributed by atoms with Crippen molar-refractivity contribution in [2.75, 3.05) is 6.26 Å². The number of aryl methyl sites for hydroxylation is 3. The van der Waals surface area contributed by atoms with E-state index in [1.807, 2.05) is 6.08 Å². The number of furan rings is 1. The van der Waals surface area contributed by atoms with Crippen molar-refractivity contribution >= 4 is 92.1 Å². The van der Waals surface area contributed by atoms with E-state index in [0.29, 0.717) is 0 Å². The molecule has 2 aliphatic rings. The van der Waals surface area contributed by atoms with Gasteiger partial charge in [0.25, 0.3) is 0 Å². The van der Waals surface area contributed by atoms with Gasteiger partial charge in [0, 0.05) is 55.6 Å². The molecular formula is C57H48N2OS. The van der Waals surface area contributed by atoms with Gasteiger partial charge >= 0.3 is 0 Å². The SMILES string of the molecule is C=Cc1c(/C=C\C)c2c(n1-c1ccccc1)=CC=C(c1cc(-c3ccc4c5ccc(C)c(C)c5n(-c5cccc6ccccc56)c4c3)c3oc4c(c3c1)C=CCC4)CC=2.CS. The second-order valence-electron chi connectivity index (χ2n) is 16.0. The summed E-state index contributed by atoms with van der Waals surface area (Å²) in [7, 11) is 0. The molecule has 0 N–H and O–H groups in total. The fourth-order valence-electron chi connectivity index (χ4n) is 9.74. The zero-order valence-corrected chi connectivity index (χ0v) is 36.1. The summed E-state index contributed by atoms with van der Waals surface area (Å²) in [4.78, 5) is 0. The number of hydrogen-bond acceptors (Lipinski definition) is 2. The molecule has 3 heterocycles. The molecule has 2 aliphatic carbocycles. The predicted octanol–water partition coefficient (Wildman–Crippen LogP) is 14.0. The second kappa shape index (κ2) is 15.7. The highest BCUT2D eigenvalue weighted by atomic mass is 32.1. The van der Waals surface area contributed by atoms with Crippen molar-refractivity contribution in [3.63, 3.8) is 0 Å². The van der Waals surface area contributed by atoms with E-state index < -0.39 is 0 Å². The average molecular weight is 809 g/mol. The number of rotatable bonds is 6. The van der Waals surface area contributed by atoms with E-state index in [-0.39, 0.29) is 0 Å². The number of hydrogen-bond donors (Lipinski definition) is 1. The summed E-state index contributed by atoms with van der Waals surface area (Å²) < 4.78 is 11.7. The van der Waals surface area contributed by atoms with Gasteiger partial charge in [0.15, 0.2) is 0 Å². The molecule has 0 unspecified atom stereocenters.